The Morgan fingerprint density at radius 3 is 2.58 bits per heavy atom. The van der Waals surface area contributed by atoms with E-state index in [1.807, 2.05) is 0 Å². The van der Waals surface area contributed by atoms with E-state index >= 15 is 0 Å². The number of sulfonamides is 1. The Bertz CT molecular complexity index is 629. The quantitative estimate of drug-likeness (QED) is 0.499. The second-order valence-corrected chi connectivity index (χ2v) is 5.14. The third-order valence-electron chi connectivity index (χ3n) is 2.16. The molecule has 0 aliphatic heterocycles. The van der Waals surface area contributed by atoms with Crippen molar-refractivity contribution in [1.82, 2.24) is 0 Å². The summed E-state index contributed by atoms with van der Waals surface area (Å²) in [5.74, 6) is -1.62. The third kappa shape index (κ3) is 3.48. The Morgan fingerprint density at radius 1 is 1.58 bits per heavy atom. The molecule has 1 unspecified atom stereocenters. The smallest absolute Gasteiger partial charge is 0.312 e. The Morgan fingerprint density at radius 2 is 2.16 bits per heavy atom. The largest absolute Gasteiger partial charge is 0.480 e. The molecule has 0 amide bonds. The van der Waals surface area contributed by atoms with E-state index in [-0.39, 0.29) is 0 Å². The molecule has 1 aromatic rings. The predicted octanol–water partition coefficient (Wildman–Crippen LogP) is 1.33. The first-order chi connectivity index (χ1) is 8.66. The lowest BCUT2D eigenvalue weighted by Gasteiger charge is -2.11. The summed E-state index contributed by atoms with van der Waals surface area (Å²) in [6.45, 7) is 4.94. The minimum Gasteiger partial charge on any atom is -0.480 e. The summed E-state index contributed by atoms with van der Waals surface area (Å²) >= 11 is 0. The number of primary sulfonamides is 1. The summed E-state index contributed by atoms with van der Waals surface area (Å²) in [6, 6.07) is 1.13. The number of hydrogen-bond acceptors (Lipinski definition) is 5. The zero-order chi connectivity index (χ0) is 14.8. The number of nitro groups is 1. The van der Waals surface area contributed by atoms with Gasteiger partial charge in [0.05, 0.1) is 4.92 Å². The maximum absolute atomic E-state index is 13.6. The van der Waals surface area contributed by atoms with Crippen LogP contribution in [0.25, 0.3) is 0 Å². The fraction of sp³-hybridized carbons (Fsp3) is 0.200. The Hall–Kier alpha value is -2.00. The van der Waals surface area contributed by atoms with Crippen LogP contribution in [-0.4, -0.2) is 19.4 Å². The highest BCUT2D eigenvalue weighted by Crippen LogP contribution is 2.32. The molecule has 104 valence electrons. The highest BCUT2D eigenvalue weighted by atomic mass is 32.2. The van der Waals surface area contributed by atoms with Crippen LogP contribution in [0, 0.1) is 15.9 Å². The van der Waals surface area contributed by atoms with Crippen molar-refractivity contribution in [3.63, 3.8) is 0 Å². The van der Waals surface area contributed by atoms with Crippen molar-refractivity contribution in [2.24, 2.45) is 5.14 Å². The normalized spacial score (nSPS) is 12.8. The molecule has 0 spiro atoms. The van der Waals surface area contributed by atoms with E-state index in [4.69, 9.17) is 9.88 Å². The Balaban J connectivity index is 3.46. The van der Waals surface area contributed by atoms with Crippen molar-refractivity contribution < 1.29 is 22.5 Å². The molecule has 19 heavy (non-hydrogen) atoms. The molecule has 0 radical (unpaired) electrons. The van der Waals surface area contributed by atoms with Crippen LogP contribution >= 0.6 is 0 Å². The summed E-state index contributed by atoms with van der Waals surface area (Å²) in [4.78, 5) is 8.97. The van der Waals surface area contributed by atoms with Crippen molar-refractivity contribution in [3.05, 3.63) is 40.7 Å². The van der Waals surface area contributed by atoms with E-state index in [2.05, 4.69) is 6.58 Å². The van der Waals surface area contributed by atoms with Gasteiger partial charge in [-0.1, -0.05) is 12.7 Å². The van der Waals surface area contributed by atoms with E-state index in [1.165, 1.54) is 13.0 Å². The van der Waals surface area contributed by atoms with Gasteiger partial charge in [-0.3, -0.25) is 10.1 Å². The number of benzene rings is 1. The van der Waals surface area contributed by atoms with Crippen LogP contribution in [0.2, 0.25) is 0 Å². The van der Waals surface area contributed by atoms with Gasteiger partial charge in [0.1, 0.15) is 16.8 Å². The third-order valence-corrected chi connectivity index (χ3v) is 3.09. The Kier molecular flexibility index (Phi) is 4.22. The highest BCUT2D eigenvalue weighted by Gasteiger charge is 2.25. The second-order valence-electron chi connectivity index (χ2n) is 3.61. The molecular formula is C10H11FN2O5S. The summed E-state index contributed by atoms with van der Waals surface area (Å²) in [5, 5.41) is 15.6. The standard InChI is InChI=1S/C10H11FN2O5S/c1-3-6(2)18-9-4-7(11)10(19(12,16)17)5-8(9)13(14)15/h3-6H,1H2,2H3,(H2,12,16,17). The van der Waals surface area contributed by atoms with Gasteiger partial charge in [0.2, 0.25) is 15.8 Å². The minimum absolute atomic E-state index is 0.401. The van der Waals surface area contributed by atoms with Gasteiger partial charge in [0, 0.05) is 12.1 Å². The minimum atomic E-state index is -4.40. The number of nitrogens with zero attached hydrogens (tertiary/aromatic N) is 1. The van der Waals surface area contributed by atoms with Crippen LogP contribution in [0.4, 0.5) is 10.1 Å². The van der Waals surface area contributed by atoms with Gasteiger partial charge in [-0.15, -0.1) is 0 Å². The van der Waals surface area contributed by atoms with Gasteiger partial charge >= 0.3 is 5.69 Å². The molecule has 0 fully saturated rings. The van der Waals surface area contributed by atoms with Crippen molar-refractivity contribution in [3.8, 4) is 5.75 Å². The van der Waals surface area contributed by atoms with E-state index in [9.17, 15) is 22.9 Å². The fourth-order valence-corrected chi connectivity index (χ4v) is 1.83. The first kappa shape index (κ1) is 15.1. The van der Waals surface area contributed by atoms with Crippen LogP contribution in [0.1, 0.15) is 6.92 Å². The van der Waals surface area contributed by atoms with E-state index in [0.717, 1.165) is 0 Å². The topological polar surface area (TPSA) is 113 Å². The van der Waals surface area contributed by atoms with Crippen LogP contribution in [0.5, 0.6) is 5.75 Å². The molecular weight excluding hydrogens is 279 g/mol. The summed E-state index contributed by atoms with van der Waals surface area (Å²) in [5.41, 5.74) is -0.695. The summed E-state index contributed by atoms with van der Waals surface area (Å²) < 4.78 is 40.8. The fourth-order valence-electron chi connectivity index (χ4n) is 1.23. The molecule has 0 saturated carbocycles. The number of ether oxygens (including phenoxy) is 1. The van der Waals surface area contributed by atoms with Gasteiger partial charge in [-0.05, 0) is 6.92 Å². The molecule has 1 rings (SSSR count). The molecule has 0 saturated heterocycles. The van der Waals surface area contributed by atoms with Crippen molar-refractivity contribution in [2.75, 3.05) is 0 Å². The van der Waals surface area contributed by atoms with E-state index in [0.29, 0.717) is 12.1 Å². The number of hydrogen-bond donors (Lipinski definition) is 1. The van der Waals surface area contributed by atoms with Crippen LogP contribution in [0.15, 0.2) is 29.7 Å². The molecule has 9 heteroatoms. The molecule has 0 heterocycles. The van der Waals surface area contributed by atoms with Gasteiger partial charge in [0.15, 0.2) is 0 Å². The first-order valence-electron chi connectivity index (χ1n) is 4.96. The van der Waals surface area contributed by atoms with Crippen LogP contribution in [0.3, 0.4) is 0 Å². The lowest BCUT2D eigenvalue weighted by molar-refractivity contribution is -0.386. The van der Waals surface area contributed by atoms with E-state index < -0.39 is 43.2 Å². The zero-order valence-electron chi connectivity index (χ0n) is 9.87. The van der Waals surface area contributed by atoms with Gasteiger partial charge in [0.25, 0.3) is 0 Å². The molecule has 0 aliphatic carbocycles. The van der Waals surface area contributed by atoms with Crippen molar-refractivity contribution in [2.45, 2.75) is 17.9 Å². The van der Waals surface area contributed by atoms with Gasteiger partial charge in [-0.2, -0.15) is 0 Å². The number of nitrogens with two attached hydrogens (primary N) is 1. The molecule has 0 bridgehead atoms. The summed E-state index contributed by atoms with van der Waals surface area (Å²) in [6.07, 6.45) is 0.730. The predicted molar refractivity (Wildman–Crippen MR) is 64.7 cm³/mol. The molecule has 0 aromatic heterocycles. The summed E-state index contributed by atoms with van der Waals surface area (Å²) in [7, 11) is -4.40. The van der Waals surface area contributed by atoms with Crippen molar-refractivity contribution >= 4 is 15.7 Å². The maximum atomic E-state index is 13.6. The average molecular weight is 290 g/mol. The maximum Gasteiger partial charge on any atom is 0.312 e. The number of halogens is 1. The van der Waals surface area contributed by atoms with Crippen molar-refractivity contribution in [1.29, 1.82) is 0 Å². The average Bonchev–Trinajstić information content (AvgIpc) is 2.26. The first-order valence-corrected chi connectivity index (χ1v) is 6.51. The van der Waals surface area contributed by atoms with Gasteiger partial charge in [-0.25, -0.2) is 17.9 Å². The number of rotatable bonds is 5. The monoisotopic (exact) mass is 290 g/mol. The zero-order valence-corrected chi connectivity index (χ0v) is 10.7. The second kappa shape index (κ2) is 5.33. The molecule has 7 nitrogen and oxygen atoms in total. The Labute approximate surface area is 108 Å². The SMILES string of the molecule is C=CC(C)Oc1cc(F)c(S(N)(=O)=O)cc1[N+](=O)[O-]. The highest BCUT2D eigenvalue weighted by molar-refractivity contribution is 7.89. The molecule has 1 atom stereocenters. The van der Waals surface area contributed by atoms with Gasteiger partial charge < -0.3 is 4.74 Å². The number of nitro benzene ring substituents is 1. The molecule has 1 aromatic carbocycles. The van der Waals surface area contributed by atoms with Crippen LogP contribution < -0.4 is 9.88 Å². The van der Waals surface area contributed by atoms with E-state index in [1.54, 1.807) is 0 Å². The lowest BCUT2D eigenvalue weighted by Crippen LogP contribution is -2.15. The molecule has 0 aliphatic rings. The van der Waals surface area contributed by atoms with Crippen LogP contribution in [-0.2, 0) is 10.0 Å². The molecule has 2 N–H and O–H groups in total. The lowest BCUT2D eigenvalue weighted by atomic mass is 10.2.